The first-order chi connectivity index (χ1) is 13.9. The van der Waals surface area contributed by atoms with Gasteiger partial charge in [0.2, 0.25) is 0 Å². The van der Waals surface area contributed by atoms with Crippen molar-refractivity contribution in [3.8, 4) is 5.82 Å². The number of nitrogens with zero attached hydrogens (tertiary/aromatic N) is 3. The molecule has 2 amide bonds. The van der Waals surface area contributed by atoms with E-state index in [-0.39, 0.29) is 17.5 Å². The van der Waals surface area contributed by atoms with E-state index in [9.17, 15) is 14.4 Å². The maximum atomic E-state index is 12.7. The van der Waals surface area contributed by atoms with Gasteiger partial charge in [-0.15, -0.1) is 0 Å². The van der Waals surface area contributed by atoms with Crippen molar-refractivity contribution in [2.45, 2.75) is 25.8 Å². The van der Waals surface area contributed by atoms with Gasteiger partial charge in [0.1, 0.15) is 0 Å². The molecule has 10 heteroatoms. The second-order valence-corrected chi connectivity index (χ2v) is 7.14. The van der Waals surface area contributed by atoms with E-state index in [4.69, 9.17) is 11.6 Å². The van der Waals surface area contributed by atoms with Crippen LogP contribution in [0.2, 0.25) is 5.02 Å². The highest BCUT2D eigenvalue weighted by Crippen LogP contribution is 2.24. The maximum Gasteiger partial charge on any atom is 0.264 e. The molecular weight excluding hydrogens is 396 g/mol. The Balaban J connectivity index is 1.54. The van der Waals surface area contributed by atoms with E-state index in [2.05, 4.69) is 25.9 Å². The van der Waals surface area contributed by atoms with Crippen molar-refractivity contribution in [3.63, 3.8) is 0 Å². The SMILES string of the molecule is Cc1c(C(=O)Nc2ccc(Cl)c(C(=O)NC3CC3)c2)cnn1-c1ccc(=O)[nH]n1. The Labute approximate surface area is 170 Å². The number of halogens is 1. The fraction of sp³-hybridized carbons (Fsp3) is 0.211. The van der Waals surface area contributed by atoms with Crippen LogP contribution in [0.4, 0.5) is 5.69 Å². The number of hydrogen-bond donors (Lipinski definition) is 3. The van der Waals surface area contributed by atoms with Gasteiger partial charge in [-0.2, -0.15) is 10.2 Å². The Bertz CT molecular complexity index is 1140. The van der Waals surface area contributed by atoms with E-state index in [1.165, 1.54) is 23.0 Å². The molecule has 0 bridgehead atoms. The van der Waals surface area contributed by atoms with Crippen LogP contribution in [0.5, 0.6) is 0 Å². The number of aromatic amines is 1. The topological polar surface area (TPSA) is 122 Å². The zero-order chi connectivity index (χ0) is 20.5. The number of rotatable bonds is 5. The quantitative estimate of drug-likeness (QED) is 0.592. The van der Waals surface area contributed by atoms with Crippen LogP contribution in [0.1, 0.15) is 39.3 Å². The van der Waals surface area contributed by atoms with Gasteiger partial charge in [0, 0.05) is 17.8 Å². The lowest BCUT2D eigenvalue weighted by Crippen LogP contribution is -2.25. The smallest absolute Gasteiger partial charge is 0.264 e. The molecule has 4 rings (SSSR count). The molecule has 1 saturated carbocycles. The van der Waals surface area contributed by atoms with E-state index in [1.807, 2.05) is 0 Å². The Morgan fingerprint density at radius 1 is 1.17 bits per heavy atom. The first-order valence-electron chi connectivity index (χ1n) is 8.95. The van der Waals surface area contributed by atoms with E-state index in [0.717, 1.165) is 12.8 Å². The number of aromatic nitrogens is 4. The second kappa shape index (κ2) is 7.51. The minimum Gasteiger partial charge on any atom is -0.349 e. The average molecular weight is 413 g/mol. The van der Waals surface area contributed by atoms with Gasteiger partial charge in [0.05, 0.1) is 28.0 Å². The summed E-state index contributed by atoms with van der Waals surface area (Å²) in [6, 6.07) is 7.76. The molecule has 3 N–H and O–H groups in total. The molecule has 0 radical (unpaired) electrons. The molecule has 1 aliphatic carbocycles. The van der Waals surface area contributed by atoms with E-state index in [1.54, 1.807) is 25.1 Å². The first-order valence-corrected chi connectivity index (χ1v) is 9.32. The highest BCUT2D eigenvalue weighted by atomic mass is 35.5. The number of H-pyrrole nitrogens is 1. The molecule has 1 fully saturated rings. The fourth-order valence-corrected chi connectivity index (χ4v) is 2.99. The van der Waals surface area contributed by atoms with Gasteiger partial charge in [-0.25, -0.2) is 9.78 Å². The summed E-state index contributed by atoms with van der Waals surface area (Å²) in [6.07, 6.45) is 3.34. The largest absolute Gasteiger partial charge is 0.349 e. The third-order valence-corrected chi connectivity index (χ3v) is 4.85. The first kappa shape index (κ1) is 18.9. The van der Waals surface area contributed by atoms with Crippen LogP contribution in [-0.2, 0) is 0 Å². The number of carbonyl (C=O) groups is 2. The molecular formula is C19H17ClN6O3. The van der Waals surface area contributed by atoms with Gasteiger partial charge in [0.25, 0.3) is 17.4 Å². The van der Waals surface area contributed by atoms with E-state index >= 15 is 0 Å². The molecule has 2 heterocycles. The molecule has 0 spiro atoms. The van der Waals surface area contributed by atoms with Crippen molar-refractivity contribution in [3.05, 3.63) is 68.7 Å². The molecule has 29 heavy (non-hydrogen) atoms. The lowest BCUT2D eigenvalue weighted by atomic mass is 10.1. The third-order valence-electron chi connectivity index (χ3n) is 4.52. The van der Waals surface area contributed by atoms with Crippen LogP contribution in [0.25, 0.3) is 5.82 Å². The normalized spacial score (nSPS) is 13.2. The molecule has 2 aromatic heterocycles. The molecule has 3 aromatic rings. The highest BCUT2D eigenvalue weighted by molar-refractivity contribution is 6.34. The molecule has 1 aliphatic rings. The predicted molar refractivity (Wildman–Crippen MR) is 107 cm³/mol. The molecule has 0 saturated heterocycles. The standard InChI is InChI=1S/C19H17ClN6O3/c1-10-14(9-21-26(10)16-6-7-17(27)25-24-16)19(29)23-12-4-5-15(20)13(8-12)18(28)22-11-2-3-11/h4-9,11H,2-3H2,1H3,(H,22,28)(H,23,29)(H,25,27). The summed E-state index contributed by atoms with van der Waals surface area (Å²) < 4.78 is 1.45. The van der Waals surface area contributed by atoms with Crippen LogP contribution in [0.3, 0.4) is 0 Å². The highest BCUT2D eigenvalue weighted by Gasteiger charge is 2.25. The van der Waals surface area contributed by atoms with Crippen molar-refractivity contribution in [1.29, 1.82) is 0 Å². The van der Waals surface area contributed by atoms with Gasteiger partial charge in [-0.1, -0.05) is 11.6 Å². The summed E-state index contributed by atoms with van der Waals surface area (Å²) in [5.74, 6) is -0.275. The van der Waals surface area contributed by atoms with Gasteiger partial charge in [-0.3, -0.25) is 14.4 Å². The van der Waals surface area contributed by atoms with Gasteiger partial charge < -0.3 is 10.6 Å². The zero-order valence-electron chi connectivity index (χ0n) is 15.4. The van der Waals surface area contributed by atoms with Gasteiger partial charge in [-0.05, 0) is 44.0 Å². The Morgan fingerprint density at radius 2 is 1.97 bits per heavy atom. The predicted octanol–water partition coefficient (Wildman–Crippen LogP) is 2.06. The van der Waals surface area contributed by atoms with Gasteiger partial charge >= 0.3 is 0 Å². The summed E-state index contributed by atoms with van der Waals surface area (Å²) in [5.41, 5.74) is 1.29. The average Bonchev–Trinajstić information content (AvgIpc) is 3.43. The van der Waals surface area contributed by atoms with Crippen molar-refractivity contribution >= 4 is 29.1 Å². The molecule has 9 nitrogen and oxygen atoms in total. The number of hydrogen-bond acceptors (Lipinski definition) is 5. The van der Waals surface area contributed by atoms with Crippen molar-refractivity contribution < 1.29 is 9.59 Å². The third kappa shape index (κ3) is 4.04. The zero-order valence-corrected chi connectivity index (χ0v) is 16.2. The van der Waals surface area contributed by atoms with Crippen LogP contribution < -0.4 is 16.2 Å². The summed E-state index contributed by atoms with van der Waals surface area (Å²) >= 11 is 6.14. The van der Waals surface area contributed by atoms with Crippen LogP contribution in [0, 0.1) is 6.92 Å². The molecule has 0 atom stereocenters. The lowest BCUT2D eigenvalue weighted by Gasteiger charge is -2.10. The number of nitrogens with one attached hydrogen (secondary N) is 3. The summed E-state index contributed by atoms with van der Waals surface area (Å²) in [6.45, 7) is 1.71. The number of anilines is 1. The van der Waals surface area contributed by atoms with Crippen LogP contribution in [0.15, 0.2) is 41.3 Å². The maximum absolute atomic E-state index is 12.7. The number of carbonyl (C=O) groups excluding carboxylic acids is 2. The van der Waals surface area contributed by atoms with Crippen molar-refractivity contribution in [2.24, 2.45) is 0 Å². The van der Waals surface area contributed by atoms with Crippen molar-refractivity contribution in [1.82, 2.24) is 25.3 Å². The molecule has 1 aromatic carbocycles. The summed E-state index contributed by atoms with van der Waals surface area (Å²) in [5, 5.41) is 16.3. The Morgan fingerprint density at radius 3 is 2.66 bits per heavy atom. The fourth-order valence-electron chi connectivity index (χ4n) is 2.78. The molecule has 148 valence electrons. The minimum absolute atomic E-state index is 0.201. The molecule has 0 unspecified atom stereocenters. The summed E-state index contributed by atoms with van der Waals surface area (Å²) in [4.78, 5) is 36.2. The van der Waals surface area contributed by atoms with Crippen LogP contribution >= 0.6 is 11.6 Å². The second-order valence-electron chi connectivity index (χ2n) is 6.73. The summed E-state index contributed by atoms with van der Waals surface area (Å²) in [7, 11) is 0. The Kier molecular flexibility index (Phi) is 4.89. The van der Waals surface area contributed by atoms with E-state index < -0.39 is 5.91 Å². The van der Waals surface area contributed by atoms with Crippen molar-refractivity contribution in [2.75, 3.05) is 5.32 Å². The Hall–Kier alpha value is -3.46. The van der Waals surface area contributed by atoms with Gasteiger partial charge in [0.15, 0.2) is 5.82 Å². The monoisotopic (exact) mass is 412 g/mol. The molecule has 0 aliphatic heterocycles. The number of amides is 2. The number of benzene rings is 1. The van der Waals surface area contributed by atoms with Crippen LogP contribution in [-0.4, -0.2) is 37.8 Å². The minimum atomic E-state index is -0.394. The lowest BCUT2D eigenvalue weighted by molar-refractivity contribution is 0.0949. The van der Waals surface area contributed by atoms with E-state index in [0.29, 0.717) is 33.3 Å².